The fourth-order valence-corrected chi connectivity index (χ4v) is 5.01. The molecule has 1 fully saturated rings. The van der Waals surface area contributed by atoms with E-state index in [4.69, 9.17) is 30.5 Å². The summed E-state index contributed by atoms with van der Waals surface area (Å²) >= 11 is 6.10. The van der Waals surface area contributed by atoms with Crippen LogP contribution in [0.3, 0.4) is 0 Å². The highest BCUT2D eigenvalue weighted by molar-refractivity contribution is 6.30. The highest BCUT2D eigenvalue weighted by atomic mass is 35.5. The monoisotopic (exact) mass is 584 g/mol. The molecule has 2 aliphatic heterocycles. The summed E-state index contributed by atoms with van der Waals surface area (Å²) in [5.74, 6) is -2.69. The van der Waals surface area contributed by atoms with E-state index in [0.717, 1.165) is 11.3 Å². The number of nitrogens with one attached hydrogen (secondary N) is 1. The number of amides is 1. The predicted molar refractivity (Wildman–Crippen MR) is 138 cm³/mol. The molecule has 1 atom stereocenters. The normalized spacial score (nSPS) is 16.9. The number of ether oxygens (including phenoxy) is 4. The fourth-order valence-electron chi connectivity index (χ4n) is 4.82. The Bertz CT molecular complexity index is 1280. The SMILES string of the molecule is COC(=O)c1ccc(NC(C)=O)c(OC[C@H](CN2CCC3(CC2)Cc2cc(Cl)ccc2O3)OC(=O)C(F)(F)F)c1. The van der Waals surface area contributed by atoms with Gasteiger partial charge in [-0.2, -0.15) is 13.2 Å². The number of anilines is 1. The lowest BCUT2D eigenvalue weighted by atomic mass is 9.87. The smallest absolute Gasteiger partial charge is 0.487 e. The van der Waals surface area contributed by atoms with Crippen molar-refractivity contribution in [2.75, 3.05) is 38.7 Å². The third-order valence-electron chi connectivity index (χ3n) is 6.73. The van der Waals surface area contributed by atoms with Crippen molar-refractivity contribution in [3.63, 3.8) is 0 Å². The molecule has 4 rings (SSSR count). The van der Waals surface area contributed by atoms with Crippen LogP contribution in [0.15, 0.2) is 36.4 Å². The molecule has 2 aromatic rings. The topological polar surface area (TPSA) is 103 Å². The second kappa shape index (κ2) is 11.9. The minimum absolute atomic E-state index is 0.000430. The third kappa shape index (κ3) is 7.16. The van der Waals surface area contributed by atoms with Crippen LogP contribution in [-0.4, -0.2) is 74.0 Å². The Morgan fingerprint density at radius 2 is 1.88 bits per heavy atom. The van der Waals surface area contributed by atoms with Gasteiger partial charge in [0, 0.05) is 50.8 Å². The van der Waals surface area contributed by atoms with E-state index in [2.05, 4.69) is 5.32 Å². The van der Waals surface area contributed by atoms with Crippen LogP contribution in [0.5, 0.6) is 11.5 Å². The number of esters is 2. The molecule has 216 valence electrons. The van der Waals surface area contributed by atoms with E-state index < -0.39 is 42.3 Å². The average Bonchev–Trinajstić information content (AvgIpc) is 3.24. The van der Waals surface area contributed by atoms with E-state index in [0.29, 0.717) is 37.4 Å². The maximum atomic E-state index is 13.0. The van der Waals surface area contributed by atoms with Gasteiger partial charge in [-0.15, -0.1) is 0 Å². The number of carbonyl (C=O) groups is 3. The molecule has 2 heterocycles. The lowest BCUT2D eigenvalue weighted by Gasteiger charge is -2.39. The summed E-state index contributed by atoms with van der Waals surface area (Å²) in [5, 5.41) is 3.15. The molecule has 0 aromatic heterocycles. The number of rotatable bonds is 8. The van der Waals surface area contributed by atoms with Gasteiger partial charge in [0.05, 0.1) is 18.4 Å². The first-order valence-electron chi connectivity index (χ1n) is 12.5. The molecule has 0 unspecified atom stereocenters. The lowest BCUT2D eigenvalue weighted by molar-refractivity contribution is -0.206. The van der Waals surface area contributed by atoms with Crippen molar-refractivity contribution in [2.45, 2.75) is 44.1 Å². The van der Waals surface area contributed by atoms with Crippen molar-refractivity contribution < 1.29 is 46.5 Å². The van der Waals surface area contributed by atoms with Crippen molar-refractivity contribution >= 4 is 35.1 Å². The molecule has 1 amide bonds. The fraction of sp³-hybridized carbons (Fsp3) is 0.444. The first-order chi connectivity index (χ1) is 18.9. The summed E-state index contributed by atoms with van der Waals surface area (Å²) in [4.78, 5) is 37.2. The van der Waals surface area contributed by atoms with Crippen LogP contribution < -0.4 is 14.8 Å². The van der Waals surface area contributed by atoms with E-state index in [1.807, 2.05) is 17.0 Å². The van der Waals surface area contributed by atoms with Crippen molar-refractivity contribution in [3.8, 4) is 11.5 Å². The zero-order valence-corrected chi connectivity index (χ0v) is 22.6. The summed E-state index contributed by atoms with van der Waals surface area (Å²) in [5.41, 5.74) is 0.852. The summed E-state index contributed by atoms with van der Waals surface area (Å²) in [7, 11) is 1.18. The maximum Gasteiger partial charge on any atom is 0.490 e. The average molecular weight is 585 g/mol. The molecule has 0 radical (unpaired) electrons. The van der Waals surface area contributed by atoms with Crippen LogP contribution in [0.25, 0.3) is 0 Å². The number of hydrogen-bond donors (Lipinski definition) is 1. The number of methoxy groups -OCH3 is 1. The van der Waals surface area contributed by atoms with Crippen molar-refractivity contribution in [3.05, 3.63) is 52.5 Å². The zero-order valence-electron chi connectivity index (χ0n) is 21.8. The van der Waals surface area contributed by atoms with Gasteiger partial charge in [0.1, 0.15) is 29.8 Å². The molecule has 0 bridgehead atoms. The summed E-state index contributed by atoms with van der Waals surface area (Å²) in [6, 6.07) is 9.53. The number of likely N-dealkylation sites (tertiary alicyclic amines) is 1. The van der Waals surface area contributed by atoms with Gasteiger partial charge in [-0.25, -0.2) is 9.59 Å². The van der Waals surface area contributed by atoms with E-state index in [1.54, 1.807) is 6.07 Å². The number of nitrogens with zero attached hydrogens (tertiary/aromatic N) is 1. The molecule has 13 heteroatoms. The lowest BCUT2D eigenvalue weighted by Crippen LogP contribution is -2.50. The maximum absolute atomic E-state index is 13.0. The number of halogens is 4. The molecule has 40 heavy (non-hydrogen) atoms. The number of carbonyl (C=O) groups excluding carboxylic acids is 3. The molecule has 1 saturated heterocycles. The van der Waals surface area contributed by atoms with E-state index >= 15 is 0 Å². The molecule has 1 spiro atoms. The standard InChI is InChI=1S/C27H28ClF3N2O7/c1-16(34)32-21-5-3-17(24(35)37-2)12-23(21)38-15-20(39-25(36)27(29,30)31)14-33-9-7-26(8-10-33)13-18-11-19(28)4-6-22(18)40-26/h3-6,11-12,20H,7-10,13-15H2,1-2H3,(H,32,34)/t20-/m0/s1. The van der Waals surface area contributed by atoms with Gasteiger partial charge in [0.25, 0.3) is 0 Å². The van der Waals surface area contributed by atoms with Gasteiger partial charge in [-0.05, 0) is 42.0 Å². The van der Waals surface area contributed by atoms with Crippen LogP contribution in [0.2, 0.25) is 5.02 Å². The molecule has 1 N–H and O–H groups in total. The van der Waals surface area contributed by atoms with Crippen molar-refractivity contribution in [2.24, 2.45) is 0 Å². The highest BCUT2D eigenvalue weighted by Gasteiger charge is 2.44. The Labute approximate surface area is 233 Å². The summed E-state index contributed by atoms with van der Waals surface area (Å²) in [6.07, 6.45) is -4.62. The van der Waals surface area contributed by atoms with Crippen molar-refractivity contribution in [1.29, 1.82) is 0 Å². The van der Waals surface area contributed by atoms with Gasteiger partial charge in [-0.1, -0.05) is 11.6 Å². The second-order valence-corrected chi connectivity index (χ2v) is 10.2. The van der Waals surface area contributed by atoms with Crippen molar-refractivity contribution in [1.82, 2.24) is 4.90 Å². The minimum Gasteiger partial charge on any atom is -0.487 e. The Kier molecular flexibility index (Phi) is 8.79. The summed E-state index contributed by atoms with van der Waals surface area (Å²) in [6.45, 7) is 1.72. The van der Waals surface area contributed by atoms with Gasteiger partial charge in [-0.3, -0.25) is 9.69 Å². The van der Waals surface area contributed by atoms with E-state index in [1.165, 1.54) is 32.2 Å². The predicted octanol–water partition coefficient (Wildman–Crippen LogP) is 4.41. The number of fused-ring (bicyclic) bond motifs is 1. The molecular formula is C27H28ClF3N2O7. The number of piperidine rings is 1. The third-order valence-corrected chi connectivity index (χ3v) is 6.97. The Balaban J connectivity index is 1.45. The van der Waals surface area contributed by atoms with Gasteiger partial charge >= 0.3 is 18.1 Å². The molecular weight excluding hydrogens is 557 g/mol. The first kappa shape index (κ1) is 29.5. The molecule has 9 nitrogen and oxygen atoms in total. The molecule has 0 saturated carbocycles. The number of alkyl halides is 3. The largest absolute Gasteiger partial charge is 0.490 e. The van der Waals surface area contributed by atoms with E-state index in [9.17, 15) is 27.6 Å². The van der Waals surface area contributed by atoms with Crippen LogP contribution in [0.4, 0.5) is 18.9 Å². The zero-order chi connectivity index (χ0) is 29.1. The van der Waals surface area contributed by atoms with Gasteiger partial charge in [0.15, 0.2) is 0 Å². The molecule has 2 aliphatic rings. The molecule has 0 aliphatic carbocycles. The second-order valence-electron chi connectivity index (χ2n) is 9.73. The number of benzene rings is 2. The van der Waals surface area contributed by atoms with Crippen LogP contribution >= 0.6 is 11.6 Å². The van der Waals surface area contributed by atoms with Gasteiger partial charge < -0.3 is 24.3 Å². The quantitative estimate of drug-likeness (QED) is 0.455. The van der Waals surface area contributed by atoms with Gasteiger partial charge in [0.2, 0.25) is 5.91 Å². The Morgan fingerprint density at radius 3 is 2.52 bits per heavy atom. The minimum atomic E-state index is -5.19. The Hall–Kier alpha value is -3.51. The van der Waals surface area contributed by atoms with Crippen LogP contribution in [-0.2, 0) is 25.5 Å². The first-order valence-corrected chi connectivity index (χ1v) is 12.9. The van der Waals surface area contributed by atoms with Crippen LogP contribution in [0, 0.1) is 0 Å². The summed E-state index contributed by atoms with van der Waals surface area (Å²) < 4.78 is 60.5. The van der Waals surface area contributed by atoms with Crippen LogP contribution in [0.1, 0.15) is 35.7 Å². The van der Waals surface area contributed by atoms with E-state index in [-0.39, 0.29) is 23.5 Å². The number of hydrogen-bond acceptors (Lipinski definition) is 8. The highest BCUT2D eigenvalue weighted by Crippen LogP contribution is 2.42. The Morgan fingerprint density at radius 1 is 1.15 bits per heavy atom. The molecule has 2 aromatic carbocycles.